The van der Waals surface area contributed by atoms with E-state index < -0.39 is 7.26 Å². The average molecular weight is 355 g/mol. The molecule has 0 aliphatic heterocycles. The molecule has 0 unspecified atom stereocenters. The van der Waals surface area contributed by atoms with E-state index in [2.05, 4.69) is 37.6 Å². The van der Waals surface area contributed by atoms with Crippen molar-refractivity contribution in [3.63, 3.8) is 0 Å². The third-order valence-corrected chi connectivity index (χ3v) is 6.03. The minimum Gasteiger partial charge on any atom is -0.258 e. The maximum atomic E-state index is 10.6. The summed E-state index contributed by atoms with van der Waals surface area (Å²) in [5.41, 5.74) is 1.31. The van der Waals surface area contributed by atoms with Gasteiger partial charge in [0.15, 0.2) is 0 Å². The normalized spacial score (nSPS) is 10.7. The lowest BCUT2D eigenvalue weighted by Gasteiger charge is -2.17. The van der Waals surface area contributed by atoms with E-state index in [0.717, 1.165) is 11.7 Å². The Morgan fingerprint density at radius 2 is 1.55 bits per heavy atom. The number of non-ortho nitro benzene ring substituents is 1. The molecule has 0 aliphatic carbocycles. The first-order valence-corrected chi connectivity index (χ1v) is 8.98. The smallest absolute Gasteiger partial charge is 0.258 e. The van der Waals surface area contributed by atoms with Crippen molar-refractivity contribution in [3.05, 3.63) is 70.3 Å². The summed E-state index contributed by atoms with van der Waals surface area (Å²) in [4.78, 5) is 10.3. The molecule has 106 valence electrons. The molecule has 0 bridgehead atoms. The number of nitrogens with zero attached hydrogens (tertiary/aromatic N) is 1. The van der Waals surface area contributed by atoms with Crippen LogP contribution in [-0.2, 0) is 6.16 Å². The van der Waals surface area contributed by atoms with E-state index in [1.54, 1.807) is 12.1 Å². The summed E-state index contributed by atoms with van der Waals surface area (Å²) < 4.78 is 0. The number of rotatable bonds is 4. The van der Waals surface area contributed by atoms with Crippen molar-refractivity contribution in [2.45, 2.75) is 6.16 Å². The molecule has 5 heteroatoms. The molecule has 0 aliphatic rings. The molecule has 0 heterocycles. The van der Waals surface area contributed by atoms with E-state index in [4.69, 9.17) is 0 Å². The van der Waals surface area contributed by atoms with Crippen molar-refractivity contribution in [2.75, 3.05) is 13.3 Å². The van der Waals surface area contributed by atoms with Gasteiger partial charge >= 0.3 is 0 Å². The first-order chi connectivity index (χ1) is 8.99. The summed E-state index contributed by atoms with van der Waals surface area (Å²) in [6.45, 7) is 4.59. The fourth-order valence-corrected chi connectivity index (χ4v) is 4.39. The quantitative estimate of drug-likeness (QED) is 0.467. The fraction of sp³-hybridized carbons (Fsp3) is 0.200. The van der Waals surface area contributed by atoms with E-state index in [1.165, 1.54) is 5.30 Å². The molecule has 0 aromatic heterocycles. The Kier molecular flexibility index (Phi) is 5.85. The van der Waals surface area contributed by atoms with Crippen molar-refractivity contribution < 1.29 is 4.92 Å². The molecule has 3 nitrogen and oxygen atoms in total. The van der Waals surface area contributed by atoms with Crippen LogP contribution in [0.3, 0.4) is 0 Å². The minimum absolute atomic E-state index is 0. The number of hydrogen-bond donors (Lipinski definition) is 0. The van der Waals surface area contributed by atoms with Crippen LogP contribution in [-0.4, -0.2) is 18.3 Å². The largest absolute Gasteiger partial charge is 0.269 e. The van der Waals surface area contributed by atoms with Crippen LogP contribution in [0, 0.1) is 10.1 Å². The van der Waals surface area contributed by atoms with Crippen molar-refractivity contribution in [3.8, 4) is 0 Å². The zero-order valence-corrected chi connectivity index (χ0v) is 14.1. The van der Waals surface area contributed by atoms with Crippen molar-refractivity contribution >= 4 is 35.2 Å². The highest BCUT2D eigenvalue weighted by Crippen LogP contribution is 2.52. The lowest BCUT2D eigenvalue weighted by molar-refractivity contribution is -0.384. The molecule has 2 aromatic rings. The molecule has 20 heavy (non-hydrogen) atoms. The van der Waals surface area contributed by atoms with Gasteiger partial charge in [0, 0.05) is 19.4 Å². The van der Waals surface area contributed by atoms with Gasteiger partial charge in [0.1, 0.15) is 0 Å². The molecule has 0 saturated heterocycles. The van der Waals surface area contributed by atoms with E-state index in [9.17, 15) is 10.1 Å². The molecule has 0 N–H and O–H groups in total. The first-order valence-electron chi connectivity index (χ1n) is 6.11. The van der Waals surface area contributed by atoms with E-state index in [0.29, 0.717) is 0 Å². The summed E-state index contributed by atoms with van der Waals surface area (Å²) in [6, 6.07) is 17.4. The SMILES string of the molecule is Br.C[P+](C)(Cc1ccc([N+](=O)[O-])cc1)c1ccccc1. The van der Waals surface area contributed by atoms with Crippen LogP contribution >= 0.6 is 24.2 Å². The lowest BCUT2D eigenvalue weighted by Crippen LogP contribution is -2.10. The Morgan fingerprint density at radius 1 is 1.00 bits per heavy atom. The molecule has 2 aromatic carbocycles. The minimum atomic E-state index is -1.23. The molecular weight excluding hydrogens is 337 g/mol. The molecule has 0 atom stereocenters. The van der Waals surface area contributed by atoms with Gasteiger partial charge < -0.3 is 0 Å². The Hall–Kier alpha value is -1.25. The van der Waals surface area contributed by atoms with Gasteiger partial charge in [-0.25, -0.2) is 0 Å². The molecule has 0 amide bonds. The van der Waals surface area contributed by atoms with Gasteiger partial charge in [-0.15, -0.1) is 17.0 Å². The molecule has 2 rings (SSSR count). The molecule has 0 fully saturated rings. The van der Waals surface area contributed by atoms with Gasteiger partial charge in [0.25, 0.3) is 5.69 Å². The van der Waals surface area contributed by atoms with Crippen molar-refractivity contribution in [1.82, 2.24) is 0 Å². The standard InChI is InChI=1S/C15H17NO2P.BrH/c1-19(2,15-6-4-3-5-7-15)12-13-8-10-14(11-9-13)16(17)18;/h3-11H,12H2,1-2H3;1H/q+1;. The monoisotopic (exact) mass is 354 g/mol. The van der Waals surface area contributed by atoms with Crippen LogP contribution in [0.5, 0.6) is 0 Å². The van der Waals surface area contributed by atoms with Crippen LogP contribution in [0.1, 0.15) is 5.56 Å². The predicted octanol–water partition coefficient (Wildman–Crippen LogP) is 4.28. The highest BCUT2D eigenvalue weighted by molar-refractivity contribution is 8.93. The molecule has 0 spiro atoms. The van der Waals surface area contributed by atoms with Crippen LogP contribution in [0.2, 0.25) is 0 Å². The number of hydrogen-bond acceptors (Lipinski definition) is 2. The van der Waals surface area contributed by atoms with Gasteiger partial charge in [0.2, 0.25) is 0 Å². The highest BCUT2D eigenvalue weighted by Gasteiger charge is 2.28. The Morgan fingerprint density at radius 3 is 2.05 bits per heavy atom. The lowest BCUT2D eigenvalue weighted by atomic mass is 10.2. The van der Waals surface area contributed by atoms with Crippen molar-refractivity contribution in [1.29, 1.82) is 0 Å². The Balaban J connectivity index is 0.00000200. The molecule has 0 radical (unpaired) electrons. The first kappa shape index (κ1) is 16.8. The summed E-state index contributed by atoms with van der Waals surface area (Å²) >= 11 is 0. The number of benzene rings is 2. The second-order valence-corrected chi connectivity index (χ2v) is 9.30. The Bertz CT molecular complexity index is 570. The zero-order chi connectivity index (χ0) is 13.9. The third kappa shape index (κ3) is 4.12. The van der Waals surface area contributed by atoms with Gasteiger partial charge in [-0.2, -0.15) is 0 Å². The van der Waals surface area contributed by atoms with Gasteiger partial charge in [0.05, 0.1) is 29.7 Å². The topological polar surface area (TPSA) is 43.1 Å². The van der Waals surface area contributed by atoms with Gasteiger partial charge in [-0.1, -0.05) is 18.2 Å². The summed E-state index contributed by atoms with van der Waals surface area (Å²) in [6.07, 6.45) is 0.967. The maximum absolute atomic E-state index is 10.6. The summed E-state index contributed by atoms with van der Waals surface area (Å²) in [5, 5.41) is 12.0. The summed E-state index contributed by atoms with van der Waals surface area (Å²) in [7, 11) is -1.23. The number of nitro groups is 1. The highest BCUT2D eigenvalue weighted by atomic mass is 79.9. The van der Waals surface area contributed by atoms with Crippen LogP contribution in [0.15, 0.2) is 54.6 Å². The van der Waals surface area contributed by atoms with E-state index >= 15 is 0 Å². The van der Waals surface area contributed by atoms with Crippen molar-refractivity contribution in [2.24, 2.45) is 0 Å². The molecule has 0 saturated carbocycles. The molecular formula is C15H18BrNO2P+. The van der Waals surface area contributed by atoms with Crippen LogP contribution in [0.4, 0.5) is 5.69 Å². The second kappa shape index (κ2) is 6.96. The van der Waals surface area contributed by atoms with Crippen LogP contribution < -0.4 is 5.30 Å². The predicted molar refractivity (Wildman–Crippen MR) is 92.0 cm³/mol. The van der Waals surface area contributed by atoms with Crippen LogP contribution in [0.25, 0.3) is 0 Å². The third-order valence-electron chi connectivity index (χ3n) is 3.18. The van der Waals surface area contributed by atoms with Gasteiger partial charge in [-0.05, 0) is 29.8 Å². The number of halogens is 1. The van der Waals surface area contributed by atoms with E-state index in [1.807, 2.05) is 18.2 Å². The number of nitro benzene ring substituents is 1. The Labute approximate surface area is 130 Å². The second-order valence-electron chi connectivity index (χ2n) is 5.10. The maximum Gasteiger partial charge on any atom is 0.269 e. The average Bonchev–Trinajstić information content (AvgIpc) is 2.40. The fourth-order valence-electron chi connectivity index (χ4n) is 2.10. The van der Waals surface area contributed by atoms with Gasteiger partial charge in [-0.3, -0.25) is 10.1 Å². The zero-order valence-electron chi connectivity index (χ0n) is 11.5. The summed E-state index contributed by atoms with van der Waals surface area (Å²) in [5.74, 6) is 0. The van der Waals surface area contributed by atoms with E-state index in [-0.39, 0.29) is 27.6 Å².